The van der Waals surface area contributed by atoms with E-state index in [4.69, 9.17) is 0 Å². The second-order valence-corrected chi connectivity index (χ2v) is 7.07. The molecule has 8 heteroatoms. The summed E-state index contributed by atoms with van der Waals surface area (Å²) in [5.41, 5.74) is 2.21. The average Bonchev–Trinajstić information content (AvgIpc) is 3.02. The zero-order valence-corrected chi connectivity index (χ0v) is 16.1. The highest BCUT2D eigenvalue weighted by molar-refractivity contribution is 7.99. The van der Waals surface area contributed by atoms with Crippen molar-refractivity contribution in [3.63, 3.8) is 0 Å². The third kappa shape index (κ3) is 4.46. The van der Waals surface area contributed by atoms with Gasteiger partial charge in [-0.15, -0.1) is 10.2 Å². The van der Waals surface area contributed by atoms with Crippen LogP contribution in [-0.4, -0.2) is 40.5 Å². The lowest BCUT2D eigenvalue weighted by Gasteiger charge is -2.12. The fourth-order valence-electron chi connectivity index (χ4n) is 2.48. The Labute approximate surface area is 161 Å². The molecule has 3 rings (SSSR count). The van der Waals surface area contributed by atoms with Gasteiger partial charge in [-0.05, 0) is 36.4 Å². The Morgan fingerprint density at radius 2 is 1.85 bits per heavy atom. The van der Waals surface area contributed by atoms with Gasteiger partial charge in [0.2, 0.25) is 5.91 Å². The van der Waals surface area contributed by atoms with Crippen LogP contribution in [0.15, 0.2) is 53.7 Å². The fraction of sp³-hybridized carbons (Fsp3) is 0.211. The molecular weight excluding hydrogens is 365 g/mol. The molecule has 0 radical (unpaired) electrons. The normalized spacial score (nSPS) is 10.7. The Morgan fingerprint density at radius 1 is 1.15 bits per heavy atom. The van der Waals surface area contributed by atoms with Crippen LogP contribution in [0.5, 0.6) is 0 Å². The summed E-state index contributed by atoms with van der Waals surface area (Å²) >= 11 is 1.25. The number of anilines is 2. The van der Waals surface area contributed by atoms with Gasteiger partial charge in [0.05, 0.1) is 11.4 Å². The van der Waals surface area contributed by atoms with Gasteiger partial charge in [-0.1, -0.05) is 23.9 Å². The number of hydrogen-bond donors (Lipinski definition) is 1. The van der Waals surface area contributed by atoms with Crippen LogP contribution in [0, 0.1) is 5.82 Å². The molecule has 0 atom stereocenters. The number of hydrogen-bond acceptors (Lipinski definition) is 5. The van der Waals surface area contributed by atoms with Crippen molar-refractivity contribution >= 4 is 29.0 Å². The smallest absolute Gasteiger partial charge is 0.234 e. The van der Waals surface area contributed by atoms with Crippen LogP contribution in [0.4, 0.5) is 15.8 Å². The molecule has 1 amide bonds. The zero-order valence-electron chi connectivity index (χ0n) is 15.3. The molecule has 0 aliphatic heterocycles. The van der Waals surface area contributed by atoms with Gasteiger partial charge in [0.1, 0.15) is 5.82 Å². The number of nitrogens with zero attached hydrogens (tertiary/aromatic N) is 4. The summed E-state index contributed by atoms with van der Waals surface area (Å²) in [5.74, 6) is 0.0696. The average molecular weight is 385 g/mol. The first-order valence-corrected chi connectivity index (χ1v) is 9.28. The molecule has 0 fully saturated rings. The van der Waals surface area contributed by atoms with E-state index in [1.54, 1.807) is 12.1 Å². The second-order valence-electron chi connectivity index (χ2n) is 6.12. The number of aromatic nitrogens is 3. The van der Waals surface area contributed by atoms with Crippen LogP contribution in [0.25, 0.3) is 11.4 Å². The molecule has 0 saturated carbocycles. The van der Waals surface area contributed by atoms with Crippen molar-refractivity contribution in [3.8, 4) is 11.4 Å². The molecule has 27 heavy (non-hydrogen) atoms. The van der Waals surface area contributed by atoms with E-state index in [1.807, 2.05) is 54.9 Å². The van der Waals surface area contributed by atoms with E-state index >= 15 is 0 Å². The Hall–Kier alpha value is -2.87. The van der Waals surface area contributed by atoms with Crippen molar-refractivity contribution in [1.82, 2.24) is 14.8 Å². The molecule has 0 unspecified atom stereocenters. The minimum absolute atomic E-state index is 0.111. The number of halogens is 1. The summed E-state index contributed by atoms with van der Waals surface area (Å²) in [5, 5.41) is 11.6. The number of amides is 1. The largest absolute Gasteiger partial charge is 0.378 e. The summed E-state index contributed by atoms with van der Waals surface area (Å²) in [6.45, 7) is 0. The molecule has 3 aromatic rings. The highest BCUT2D eigenvalue weighted by Gasteiger charge is 2.14. The summed E-state index contributed by atoms with van der Waals surface area (Å²) in [6.07, 6.45) is 0. The molecule has 0 aliphatic rings. The molecule has 0 bridgehead atoms. The van der Waals surface area contributed by atoms with Crippen LogP contribution < -0.4 is 10.2 Å². The van der Waals surface area contributed by atoms with Crippen molar-refractivity contribution in [2.45, 2.75) is 5.16 Å². The van der Waals surface area contributed by atoms with Gasteiger partial charge in [0.15, 0.2) is 11.0 Å². The van der Waals surface area contributed by atoms with Gasteiger partial charge < -0.3 is 14.8 Å². The maximum Gasteiger partial charge on any atom is 0.234 e. The van der Waals surface area contributed by atoms with E-state index in [2.05, 4.69) is 15.5 Å². The van der Waals surface area contributed by atoms with E-state index in [-0.39, 0.29) is 17.3 Å². The SMILES string of the molecule is CN(C)c1ccc(-c2nnc(SCC(=O)Nc3ccccc3F)n2C)cc1. The zero-order chi connectivity index (χ0) is 19.4. The molecule has 0 spiro atoms. The van der Waals surface area contributed by atoms with E-state index < -0.39 is 5.82 Å². The van der Waals surface area contributed by atoms with E-state index in [9.17, 15) is 9.18 Å². The van der Waals surface area contributed by atoms with E-state index in [1.165, 1.54) is 23.9 Å². The van der Waals surface area contributed by atoms with Gasteiger partial charge in [-0.3, -0.25) is 4.79 Å². The summed E-state index contributed by atoms with van der Waals surface area (Å²) in [7, 11) is 5.82. The van der Waals surface area contributed by atoms with Crippen LogP contribution in [-0.2, 0) is 11.8 Å². The standard InChI is InChI=1S/C19H20FN5OS/c1-24(2)14-10-8-13(9-11-14)18-22-23-19(25(18)3)27-12-17(26)21-16-7-5-4-6-15(16)20/h4-11H,12H2,1-3H3,(H,21,26). The number of thioether (sulfide) groups is 1. The van der Waals surface area contributed by atoms with Gasteiger partial charge in [-0.25, -0.2) is 4.39 Å². The third-order valence-corrected chi connectivity index (χ3v) is 4.98. The highest BCUT2D eigenvalue weighted by Crippen LogP contribution is 2.24. The third-order valence-electron chi connectivity index (χ3n) is 3.96. The van der Waals surface area contributed by atoms with Crippen molar-refractivity contribution in [1.29, 1.82) is 0 Å². The number of para-hydroxylation sites is 1. The lowest BCUT2D eigenvalue weighted by Crippen LogP contribution is -2.15. The van der Waals surface area contributed by atoms with E-state index in [0.29, 0.717) is 5.16 Å². The summed E-state index contributed by atoms with van der Waals surface area (Å²) < 4.78 is 15.4. The number of carbonyl (C=O) groups is 1. The van der Waals surface area contributed by atoms with Gasteiger partial charge in [0.25, 0.3) is 0 Å². The van der Waals surface area contributed by atoms with Crippen molar-refractivity contribution in [2.24, 2.45) is 7.05 Å². The molecule has 0 saturated heterocycles. The Bertz CT molecular complexity index is 940. The Balaban J connectivity index is 1.65. The maximum atomic E-state index is 13.6. The topological polar surface area (TPSA) is 63.1 Å². The molecule has 140 valence electrons. The van der Waals surface area contributed by atoms with Crippen LogP contribution >= 0.6 is 11.8 Å². The van der Waals surface area contributed by atoms with Gasteiger partial charge in [-0.2, -0.15) is 0 Å². The molecule has 6 nitrogen and oxygen atoms in total. The summed E-state index contributed by atoms with van der Waals surface area (Å²) in [6, 6.07) is 14.1. The first-order chi connectivity index (χ1) is 13.0. The van der Waals surface area contributed by atoms with Crippen molar-refractivity contribution in [3.05, 3.63) is 54.3 Å². The lowest BCUT2D eigenvalue weighted by molar-refractivity contribution is -0.113. The quantitative estimate of drug-likeness (QED) is 0.659. The minimum Gasteiger partial charge on any atom is -0.378 e. The first kappa shape index (κ1) is 18.9. The number of carbonyl (C=O) groups excluding carboxylic acids is 1. The first-order valence-electron chi connectivity index (χ1n) is 8.30. The van der Waals surface area contributed by atoms with Gasteiger partial charge in [0, 0.05) is 32.4 Å². The summed E-state index contributed by atoms with van der Waals surface area (Å²) in [4.78, 5) is 14.1. The van der Waals surface area contributed by atoms with Crippen LogP contribution in [0.3, 0.4) is 0 Å². The Kier molecular flexibility index (Phi) is 5.75. The minimum atomic E-state index is -0.460. The van der Waals surface area contributed by atoms with Crippen LogP contribution in [0.1, 0.15) is 0 Å². The number of rotatable bonds is 6. The molecule has 2 aromatic carbocycles. The predicted molar refractivity (Wildman–Crippen MR) is 107 cm³/mol. The fourth-order valence-corrected chi connectivity index (χ4v) is 3.19. The molecule has 1 aromatic heterocycles. The Morgan fingerprint density at radius 3 is 2.52 bits per heavy atom. The molecule has 0 aliphatic carbocycles. The molecular formula is C19H20FN5OS. The van der Waals surface area contributed by atoms with Crippen LogP contribution in [0.2, 0.25) is 0 Å². The molecule has 1 N–H and O–H groups in total. The number of benzene rings is 2. The molecule has 1 heterocycles. The van der Waals surface area contributed by atoms with Crippen molar-refractivity contribution < 1.29 is 9.18 Å². The maximum absolute atomic E-state index is 13.6. The van der Waals surface area contributed by atoms with Crippen molar-refractivity contribution in [2.75, 3.05) is 30.1 Å². The predicted octanol–water partition coefficient (Wildman–Crippen LogP) is 3.42. The lowest BCUT2D eigenvalue weighted by atomic mass is 10.2. The van der Waals surface area contributed by atoms with Gasteiger partial charge >= 0.3 is 0 Å². The second kappa shape index (κ2) is 8.22. The number of nitrogens with one attached hydrogen (secondary N) is 1. The highest BCUT2D eigenvalue weighted by atomic mass is 32.2. The monoisotopic (exact) mass is 385 g/mol. The van der Waals surface area contributed by atoms with E-state index in [0.717, 1.165) is 17.1 Å².